The monoisotopic (exact) mass is 290 g/mol. The second-order valence-electron chi connectivity index (χ2n) is 6.50. The van der Waals surface area contributed by atoms with Gasteiger partial charge in [-0.2, -0.15) is 0 Å². The van der Waals surface area contributed by atoms with Crippen molar-refractivity contribution < 1.29 is 9.18 Å². The van der Waals surface area contributed by atoms with Gasteiger partial charge in [0.05, 0.1) is 6.04 Å². The zero-order valence-corrected chi connectivity index (χ0v) is 12.7. The lowest BCUT2D eigenvalue weighted by molar-refractivity contribution is -0.123. The van der Waals surface area contributed by atoms with Crippen molar-refractivity contribution in [2.24, 2.45) is 11.8 Å². The SMILES string of the molecule is Cc1cc(CNC(=O)C2NCC3CCCC32)cc(C)c1F. The van der Waals surface area contributed by atoms with Gasteiger partial charge in [-0.3, -0.25) is 4.79 Å². The van der Waals surface area contributed by atoms with Crippen molar-refractivity contribution in [3.8, 4) is 0 Å². The van der Waals surface area contributed by atoms with Crippen LogP contribution in [-0.2, 0) is 11.3 Å². The van der Waals surface area contributed by atoms with Crippen LogP contribution in [0.4, 0.5) is 4.39 Å². The lowest BCUT2D eigenvalue weighted by atomic mass is 9.93. The minimum absolute atomic E-state index is 0.0415. The highest BCUT2D eigenvalue weighted by Gasteiger charge is 2.42. The minimum atomic E-state index is -0.156. The number of benzene rings is 1. The van der Waals surface area contributed by atoms with Crippen LogP contribution < -0.4 is 10.6 Å². The van der Waals surface area contributed by atoms with E-state index in [0.29, 0.717) is 29.5 Å². The molecular formula is C17H23FN2O. The number of carbonyl (C=O) groups is 1. The van der Waals surface area contributed by atoms with Crippen LogP contribution in [0.15, 0.2) is 12.1 Å². The largest absolute Gasteiger partial charge is 0.351 e. The molecule has 1 aliphatic carbocycles. The summed E-state index contributed by atoms with van der Waals surface area (Å²) in [5, 5.41) is 6.36. The lowest BCUT2D eigenvalue weighted by Gasteiger charge is -2.18. The van der Waals surface area contributed by atoms with Crippen molar-refractivity contribution in [2.75, 3.05) is 6.54 Å². The average molecular weight is 290 g/mol. The van der Waals surface area contributed by atoms with Crippen molar-refractivity contribution in [1.82, 2.24) is 10.6 Å². The molecule has 2 fully saturated rings. The number of carbonyl (C=O) groups excluding carboxylic acids is 1. The van der Waals surface area contributed by atoms with Gasteiger partial charge in [0.25, 0.3) is 0 Å². The van der Waals surface area contributed by atoms with Crippen LogP contribution in [0.25, 0.3) is 0 Å². The average Bonchev–Trinajstić information content (AvgIpc) is 3.04. The standard InChI is InChI=1S/C17H23FN2O/c1-10-6-12(7-11(2)15(10)18)8-20-17(21)16-14-5-3-4-13(14)9-19-16/h6-7,13-14,16,19H,3-5,8-9H2,1-2H3,(H,20,21). The first-order chi connectivity index (χ1) is 10.1. The highest BCUT2D eigenvalue weighted by molar-refractivity contribution is 5.82. The number of aryl methyl sites for hydroxylation is 2. The van der Waals surface area contributed by atoms with E-state index in [0.717, 1.165) is 18.5 Å². The van der Waals surface area contributed by atoms with Crippen molar-refractivity contribution in [3.63, 3.8) is 0 Å². The Labute approximate surface area is 125 Å². The number of amides is 1. The van der Waals surface area contributed by atoms with E-state index in [1.165, 1.54) is 12.8 Å². The molecule has 2 N–H and O–H groups in total. The van der Waals surface area contributed by atoms with E-state index >= 15 is 0 Å². The predicted octanol–water partition coefficient (Wildman–Crippen LogP) is 2.45. The Bertz CT molecular complexity index is 535. The maximum absolute atomic E-state index is 13.6. The Kier molecular flexibility index (Phi) is 3.98. The molecule has 3 nitrogen and oxygen atoms in total. The molecule has 0 aromatic heterocycles. The van der Waals surface area contributed by atoms with Crippen molar-refractivity contribution in [3.05, 3.63) is 34.6 Å². The molecule has 0 radical (unpaired) electrons. The van der Waals surface area contributed by atoms with Crippen LogP contribution in [-0.4, -0.2) is 18.5 Å². The minimum Gasteiger partial charge on any atom is -0.351 e. The topological polar surface area (TPSA) is 41.1 Å². The van der Waals surface area contributed by atoms with Gasteiger partial charge in [0.2, 0.25) is 5.91 Å². The van der Waals surface area contributed by atoms with Gasteiger partial charge in [-0.15, -0.1) is 0 Å². The van der Waals surface area contributed by atoms with Crippen LogP contribution in [0, 0.1) is 31.5 Å². The van der Waals surface area contributed by atoms with Crippen molar-refractivity contribution >= 4 is 5.91 Å². The number of rotatable bonds is 3. The summed E-state index contributed by atoms with van der Waals surface area (Å²) in [5.74, 6) is 1.11. The number of nitrogens with one attached hydrogen (secondary N) is 2. The van der Waals surface area contributed by atoms with Gasteiger partial charge >= 0.3 is 0 Å². The molecule has 114 valence electrons. The van der Waals surface area contributed by atoms with Crippen molar-refractivity contribution in [1.29, 1.82) is 0 Å². The summed E-state index contributed by atoms with van der Waals surface area (Å²) in [7, 11) is 0. The van der Waals surface area contributed by atoms with Crippen LogP contribution >= 0.6 is 0 Å². The molecule has 1 saturated carbocycles. The smallest absolute Gasteiger partial charge is 0.237 e. The third kappa shape index (κ3) is 2.82. The number of hydrogen-bond acceptors (Lipinski definition) is 2. The van der Waals surface area contributed by atoms with Gasteiger partial charge < -0.3 is 10.6 Å². The fourth-order valence-corrected chi connectivity index (χ4v) is 3.91. The second kappa shape index (κ2) is 5.76. The highest BCUT2D eigenvalue weighted by atomic mass is 19.1. The maximum atomic E-state index is 13.6. The predicted molar refractivity (Wildman–Crippen MR) is 80.3 cm³/mol. The first-order valence-electron chi connectivity index (χ1n) is 7.83. The number of fused-ring (bicyclic) bond motifs is 1. The molecular weight excluding hydrogens is 267 g/mol. The summed E-state index contributed by atoms with van der Waals surface area (Å²) in [5.41, 5.74) is 2.23. The van der Waals surface area contributed by atoms with E-state index in [9.17, 15) is 9.18 Å². The molecule has 4 heteroatoms. The summed E-state index contributed by atoms with van der Waals surface area (Å²) in [6.07, 6.45) is 3.65. The molecule has 1 aliphatic heterocycles. The van der Waals surface area contributed by atoms with E-state index in [-0.39, 0.29) is 17.8 Å². The van der Waals surface area contributed by atoms with Gasteiger partial charge in [0.15, 0.2) is 0 Å². The normalized spacial score (nSPS) is 27.7. The molecule has 21 heavy (non-hydrogen) atoms. The summed E-state index contributed by atoms with van der Waals surface area (Å²) >= 11 is 0. The first kappa shape index (κ1) is 14.5. The van der Waals surface area contributed by atoms with E-state index in [2.05, 4.69) is 10.6 Å². The molecule has 1 aromatic rings. The van der Waals surface area contributed by atoms with Crippen LogP contribution in [0.3, 0.4) is 0 Å². The fourth-order valence-electron chi connectivity index (χ4n) is 3.91. The summed E-state index contributed by atoms with van der Waals surface area (Å²) in [6, 6.07) is 3.58. The molecule has 3 atom stereocenters. The Morgan fingerprint density at radius 3 is 2.76 bits per heavy atom. The van der Waals surface area contributed by atoms with Gasteiger partial charge in [0.1, 0.15) is 5.82 Å². The maximum Gasteiger partial charge on any atom is 0.237 e. The number of hydrogen-bond donors (Lipinski definition) is 2. The van der Waals surface area contributed by atoms with Gasteiger partial charge in [-0.05, 0) is 61.8 Å². The molecule has 2 aliphatic rings. The zero-order chi connectivity index (χ0) is 15.0. The Morgan fingerprint density at radius 1 is 1.33 bits per heavy atom. The molecule has 1 amide bonds. The third-order valence-electron chi connectivity index (χ3n) is 4.99. The molecule has 0 bridgehead atoms. The molecule has 0 spiro atoms. The molecule has 3 unspecified atom stereocenters. The molecule has 1 saturated heterocycles. The summed E-state index contributed by atoms with van der Waals surface area (Å²) in [4.78, 5) is 12.4. The van der Waals surface area contributed by atoms with E-state index in [1.807, 2.05) is 12.1 Å². The zero-order valence-electron chi connectivity index (χ0n) is 12.7. The van der Waals surface area contributed by atoms with E-state index in [4.69, 9.17) is 0 Å². The van der Waals surface area contributed by atoms with Crippen molar-refractivity contribution in [2.45, 2.75) is 45.7 Å². The molecule has 1 heterocycles. The number of halogens is 1. The third-order valence-corrected chi connectivity index (χ3v) is 4.99. The Balaban J connectivity index is 1.61. The second-order valence-corrected chi connectivity index (χ2v) is 6.50. The first-order valence-corrected chi connectivity index (χ1v) is 7.83. The van der Waals surface area contributed by atoms with E-state index in [1.54, 1.807) is 13.8 Å². The Hall–Kier alpha value is -1.42. The summed E-state index contributed by atoms with van der Waals surface area (Å²) < 4.78 is 13.6. The van der Waals surface area contributed by atoms with E-state index < -0.39 is 0 Å². The quantitative estimate of drug-likeness (QED) is 0.898. The lowest BCUT2D eigenvalue weighted by Crippen LogP contribution is -2.43. The van der Waals surface area contributed by atoms with Gasteiger partial charge in [0, 0.05) is 6.54 Å². The Morgan fingerprint density at radius 2 is 2.05 bits per heavy atom. The van der Waals surface area contributed by atoms with Crippen LogP contribution in [0.2, 0.25) is 0 Å². The molecule has 1 aromatic carbocycles. The highest BCUT2D eigenvalue weighted by Crippen LogP contribution is 2.37. The summed E-state index contributed by atoms with van der Waals surface area (Å²) in [6.45, 7) is 4.96. The fraction of sp³-hybridized carbons (Fsp3) is 0.588. The van der Waals surface area contributed by atoms with Crippen LogP contribution in [0.1, 0.15) is 36.0 Å². The molecule has 3 rings (SSSR count). The van der Waals surface area contributed by atoms with Gasteiger partial charge in [-0.1, -0.05) is 18.6 Å². The van der Waals surface area contributed by atoms with Crippen LogP contribution in [0.5, 0.6) is 0 Å². The van der Waals surface area contributed by atoms with Gasteiger partial charge in [-0.25, -0.2) is 4.39 Å².